The van der Waals surface area contributed by atoms with Crippen molar-refractivity contribution in [2.75, 3.05) is 0 Å². The first-order chi connectivity index (χ1) is 9.82. The summed E-state index contributed by atoms with van der Waals surface area (Å²) in [5.74, 6) is 0.799. The Morgan fingerprint density at radius 1 is 1.19 bits per heavy atom. The van der Waals surface area contributed by atoms with E-state index in [-0.39, 0.29) is 11.2 Å². The molecular weight excluding hydrogens is 265 g/mol. The molecule has 0 spiro atoms. The van der Waals surface area contributed by atoms with Crippen LogP contribution < -0.4 is 10.3 Å². The molecule has 0 aromatic carbocycles. The zero-order chi connectivity index (χ0) is 15.3. The second-order valence-corrected chi connectivity index (χ2v) is 6.94. The highest BCUT2D eigenvalue weighted by molar-refractivity contribution is 6.62. The maximum Gasteiger partial charge on any atom is 0.518 e. The molecule has 114 valence electrons. The van der Waals surface area contributed by atoms with E-state index in [2.05, 4.69) is 34.6 Å². The first-order valence-corrected chi connectivity index (χ1v) is 7.84. The van der Waals surface area contributed by atoms with Gasteiger partial charge in [-0.3, -0.25) is 4.98 Å². The Kier molecular flexibility index (Phi) is 3.53. The lowest BCUT2D eigenvalue weighted by Gasteiger charge is -2.32. The van der Waals surface area contributed by atoms with Crippen LogP contribution in [0.2, 0.25) is 0 Å². The van der Waals surface area contributed by atoms with Gasteiger partial charge in [0.2, 0.25) is 0 Å². The minimum Gasteiger partial charge on any atom is -0.489 e. The van der Waals surface area contributed by atoms with Gasteiger partial charge in [-0.05, 0) is 59.1 Å². The van der Waals surface area contributed by atoms with Crippen LogP contribution in [0.25, 0.3) is 0 Å². The van der Waals surface area contributed by atoms with Crippen molar-refractivity contribution in [3.05, 3.63) is 17.8 Å². The monoisotopic (exact) mass is 289 g/mol. The van der Waals surface area contributed by atoms with Crippen molar-refractivity contribution in [2.24, 2.45) is 0 Å². The van der Waals surface area contributed by atoms with Gasteiger partial charge < -0.3 is 14.0 Å². The number of hydrogen-bond acceptors (Lipinski definition) is 4. The summed E-state index contributed by atoms with van der Waals surface area (Å²) in [6.45, 7) is 10.3. The van der Waals surface area contributed by atoms with Gasteiger partial charge in [0.15, 0.2) is 0 Å². The number of ether oxygens (including phenoxy) is 1. The van der Waals surface area contributed by atoms with E-state index >= 15 is 0 Å². The lowest BCUT2D eigenvalue weighted by Crippen LogP contribution is -2.41. The topological polar surface area (TPSA) is 40.6 Å². The number of aromatic nitrogens is 1. The predicted molar refractivity (Wildman–Crippen MR) is 83.0 cm³/mol. The van der Waals surface area contributed by atoms with Crippen molar-refractivity contribution in [1.29, 1.82) is 0 Å². The Bertz CT molecular complexity index is 524. The minimum absolute atomic E-state index is 0.334. The summed E-state index contributed by atoms with van der Waals surface area (Å²) < 4.78 is 18.2. The summed E-state index contributed by atoms with van der Waals surface area (Å²) >= 11 is 0. The largest absolute Gasteiger partial charge is 0.518 e. The van der Waals surface area contributed by atoms with Gasteiger partial charge in [0.05, 0.1) is 17.3 Å². The molecule has 3 rings (SSSR count). The fourth-order valence-corrected chi connectivity index (χ4v) is 2.29. The van der Waals surface area contributed by atoms with Crippen LogP contribution in [0, 0.1) is 0 Å². The molecule has 1 saturated heterocycles. The Morgan fingerprint density at radius 2 is 1.81 bits per heavy atom. The molecule has 0 radical (unpaired) electrons. The third-order valence-electron chi connectivity index (χ3n) is 4.60. The highest BCUT2D eigenvalue weighted by atomic mass is 16.7. The number of rotatable bonds is 4. The highest BCUT2D eigenvalue weighted by Crippen LogP contribution is 2.37. The number of nitrogens with zero attached hydrogens (tertiary/aromatic N) is 1. The van der Waals surface area contributed by atoms with E-state index in [0.717, 1.165) is 36.3 Å². The van der Waals surface area contributed by atoms with E-state index < -0.39 is 7.12 Å². The Morgan fingerprint density at radius 3 is 2.33 bits per heavy atom. The molecule has 1 saturated carbocycles. The van der Waals surface area contributed by atoms with Crippen molar-refractivity contribution >= 4 is 12.7 Å². The average Bonchev–Trinajstić information content (AvgIpc) is 3.18. The molecule has 4 nitrogen and oxygen atoms in total. The molecule has 1 aromatic rings. The molecule has 0 bridgehead atoms. The molecular formula is C16H24BNO3. The van der Waals surface area contributed by atoms with Crippen LogP contribution in [0.5, 0.6) is 5.75 Å². The number of aryl methyl sites for hydroxylation is 1. The summed E-state index contributed by atoms with van der Waals surface area (Å²) in [4.78, 5) is 4.71. The third-order valence-corrected chi connectivity index (χ3v) is 4.60. The molecule has 1 aliphatic heterocycles. The van der Waals surface area contributed by atoms with Gasteiger partial charge in [-0.2, -0.15) is 0 Å². The zero-order valence-electron chi connectivity index (χ0n) is 13.6. The third kappa shape index (κ3) is 2.81. The normalized spacial score (nSPS) is 23.4. The molecule has 21 heavy (non-hydrogen) atoms. The van der Waals surface area contributed by atoms with Crippen LogP contribution in [0.1, 0.15) is 53.2 Å². The zero-order valence-corrected chi connectivity index (χ0v) is 13.6. The van der Waals surface area contributed by atoms with Gasteiger partial charge >= 0.3 is 7.12 Å². The minimum atomic E-state index is -0.463. The van der Waals surface area contributed by atoms with Crippen molar-refractivity contribution < 1.29 is 14.0 Å². The van der Waals surface area contributed by atoms with E-state index in [1.54, 1.807) is 0 Å². The van der Waals surface area contributed by atoms with Gasteiger partial charge in [0.25, 0.3) is 0 Å². The standard InChI is InChI=1S/C16H24BNO3/c1-6-11-7-10-13(19-12-8-9-12)14(18-11)17-20-15(2,3)16(4,5)21-17/h7,10,12H,6,8-9H2,1-5H3. The molecule has 5 heteroatoms. The fraction of sp³-hybridized carbons (Fsp3) is 0.688. The lowest BCUT2D eigenvalue weighted by atomic mass is 9.83. The molecule has 1 aromatic heterocycles. The van der Waals surface area contributed by atoms with E-state index in [4.69, 9.17) is 19.0 Å². The van der Waals surface area contributed by atoms with Crippen LogP contribution >= 0.6 is 0 Å². The SMILES string of the molecule is CCc1ccc(OC2CC2)c(B2OC(C)(C)C(C)(C)O2)n1. The summed E-state index contributed by atoms with van der Waals surface area (Å²) in [5.41, 5.74) is 1.08. The molecule has 0 unspecified atom stereocenters. The molecule has 0 atom stereocenters. The van der Waals surface area contributed by atoms with Crippen LogP contribution in [0.3, 0.4) is 0 Å². The van der Waals surface area contributed by atoms with E-state index in [0.29, 0.717) is 6.10 Å². The molecule has 0 N–H and O–H groups in total. The summed E-state index contributed by atoms with van der Waals surface area (Å²) in [6, 6.07) is 4.02. The van der Waals surface area contributed by atoms with Crippen LogP contribution in [0.4, 0.5) is 0 Å². The van der Waals surface area contributed by atoms with Gasteiger partial charge in [0, 0.05) is 5.69 Å². The average molecular weight is 289 g/mol. The molecule has 0 amide bonds. The first kappa shape index (κ1) is 14.9. The van der Waals surface area contributed by atoms with Gasteiger partial charge in [-0.1, -0.05) is 6.92 Å². The fourth-order valence-electron chi connectivity index (χ4n) is 2.29. The van der Waals surface area contributed by atoms with E-state index in [9.17, 15) is 0 Å². The molecule has 2 heterocycles. The van der Waals surface area contributed by atoms with Crippen LogP contribution in [-0.4, -0.2) is 29.4 Å². The summed E-state index contributed by atoms with van der Waals surface area (Å²) in [5, 5.41) is 0. The Labute approximate surface area is 127 Å². The van der Waals surface area contributed by atoms with Crippen LogP contribution in [0.15, 0.2) is 12.1 Å². The second kappa shape index (κ2) is 4.99. The predicted octanol–water partition coefficient (Wildman–Crippen LogP) is 2.48. The summed E-state index contributed by atoms with van der Waals surface area (Å²) in [7, 11) is -0.463. The van der Waals surface area contributed by atoms with Crippen molar-refractivity contribution in [3.63, 3.8) is 0 Å². The first-order valence-electron chi connectivity index (χ1n) is 7.84. The van der Waals surface area contributed by atoms with Crippen LogP contribution in [-0.2, 0) is 15.7 Å². The second-order valence-electron chi connectivity index (χ2n) is 6.94. The number of pyridine rings is 1. The lowest BCUT2D eigenvalue weighted by molar-refractivity contribution is 0.00578. The van der Waals surface area contributed by atoms with Gasteiger partial charge in [-0.15, -0.1) is 0 Å². The molecule has 2 fully saturated rings. The highest BCUT2D eigenvalue weighted by Gasteiger charge is 2.53. The van der Waals surface area contributed by atoms with Crippen molar-refractivity contribution in [2.45, 2.75) is 71.2 Å². The summed E-state index contributed by atoms with van der Waals surface area (Å²) in [6.07, 6.45) is 3.47. The molecule has 2 aliphatic rings. The van der Waals surface area contributed by atoms with E-state index in [1.807, 2.05) is 12.1 Å². The smallest absolute Gasteiger partial charge is 0.489 e. The Hall–Kier alpha value is -1.07. The van der Waals surface area contributed by atoms with E-state index in [1.165, 1.54) is 0 Å². The number of hydrogen-bond donors (Lipinski definition) is 0. The maximum atomic E-state index is 6.13. The maximum absolute atomic E-state index is 6.13. The Balaban J connectivity index is 1.92. The van der Waals surface area contributed by atoms with Gasteiger partial charge in [0.1, 0.15) is 11.3 Å². The van der Waals surface area contributed by atoms with Crippen molar-refractivity contribution in [3.8, 4) is 5.75 Å². The molecule has 1 aliphatic carbocycles. The van der Waals surface area contributed by atoms with Crippen molar-refractivity contribution in [1.82, 2.24) is 4.98 Å². The van der Waals surface area contributed by atoms with Gasteiger partial charge in [-0.25, -0.2) is 0 Å². The quantitative estimate of drug-likeness (QED) is 0.798.